The van der Waals surface area contributed by atoms with Gasteiger partial charge in [0.2, 0.25) is 0 Å². The summed E-state index contributed by atoms with van der Waals surface area (Å²) in [5.74, 6) is 3.39. The molecule has 3 aromatic rings. The fourth-order valence-electron chi connectivity index (χ4n) is 3.31. The summed E-state index contributed by atoms with van der Waals surface area (Å²) < 4.78 is 13.0. The molecule has 154 valence electrons. The average molecular weight is 413 g/mol. The van der Waals surface area contributed by atoms with Crippen LogP contribution in [-0.4, -0.2) is 48.0 Å². The van der Waals surface area contributed by atoms with Crippen molar-refractivity contribution in [2.45, 2.75) is 30.3 Å². The number of hydrogen-bond donors (Lipinski definition) is 0. The van der Waals surface area contributed by atoms with Crippen LogP contribution in [0, 0.1) is 0 Å². The molecule has 6 nitrogen and oxygen atoms in total. The second kappa shape index (κ2) is 9.80. The zero-order valence-electron chi connectivity index (χ0n) is 17.6. The topological polar surface area (TPSA) is 52.4 Å². The van der Waals surface area contributed by atoms with Gasteiger partial charge in [-0.15, -0.1) is 10.2 Å². The van der Waals surface area contributed by atoms with Crippen molar-refractivity contribution in [1.82, 2.24) is 19.7 Å². The zero-order chi connectivity index (χ0) is 20.8. The van der Waals surface area contributed by atoms with Gasteiger partial charge in [0.1, 0.15) is 11.5 Å². The third-order valence-electron chi connectivity index (χ3n) is 4.85. The Kier molecular flexibility index (Phi) is 7.17. The number of hydrogen-bond acceptors (Lipinski definition) is 6. The number of aromatic nitrogens is 3. The highest BCUT2D eigenvalue weighted by atomic mass is 32.2. The van der Waals surface area contributed by atoms with Gasteiger partial charge < -0.3 is 9.47 Å². The third kappa shape index (κ3) is 4.74. The van der Waals surface area contributed by atoms with Crippen LogP contribution in [0.15, 0.2) is 53.7 Å². The lowest BCUT2D eigenvalue weighted by molar-refractivity contribution is 0.276. The predicted molar refractivity (Wildman–Crippen MR) is 117 cm³/mol. The van der Waals surface area contributed by atoms with Crippen LogP contribution in [0.3, 0.4) is 0 Å². The van der Waals surface area contributed by atoms with Crippen molar-refractivity contribution in [2.75, 3.05) is 28.3 Å². The van der Waals surface area contributed by atoms with Gasteiger partial charge in [-0.2, -0.15) is 0 Å². The number of rotatable bonds is 9. The maximum absolute atomic E-state index is 5.49. The Morgan fingerprint density at radius 3 is 2.34 bits per heavy atom. The Bertz CT molecular complexity index is 925. The van der Waals surface area contributed by atoms with Crippen LogP contribution in [0.25, 0.3) is 5.69 Å². The fraction of sp³-hybridized carbons (Fsp3) is 0.364. The molecule has 0 aliphatic rings. The van der Waals surface area contributed by atoms with E-state index in [2.05, 4.69) is 46.7 Å². The SMILES string of the molecule is CC[C@@H](c1nnc(SCc2ccccc2OC)n1-c1ccc(OC)cc1)N(C)C. The first-order valence-electron chi connectivity index (χ1n) is 9.59. The maximum Gasteiger partial charge on any atom is 0.196 e. The van der Waals surface area contributed by atoms with Crippen LogP contribution in [-0.2, 0) is 5.75 Å². The molecule has 0 aliphatic heterocycles. The molecule has 0 bridgehead atoms. The van der Waals surface area contributed by atoms with Gasteiger partial charge in [0.05, 0.1) is 20.3 Å². The van der Waals surface area contributed by atoms with E-state index in [-0.39, 0.29) is 6.04 Å². The number of nitrogens with zero attached hydrogens (tertiary/aromatic N) is 4. The van der Waals surface area contributed by atoms with Gasteiger partial charge in [0.25, 0.3) is 0 Å². The summed E-state index contributed by atoms with van der Waals surface area (Å²) in [6, 6.07) is 16.2. The van der Waals surface area contributed by atoms with Crippen LogP contribution < -0.4 is 9.47 Å². The second-order valence-corrected chi connectivity index (χ2v) is 7.80. The van der Waals surface area contributed by atoms with E-state index in [4.69, 9.17) is 9.47 Å². The summed E-state index contributed by atoms with van der Waals surface area (Å²) in [5, 5.41) is 9.96. The van der Waals surface area contributed by atoms with E-state index in [1.807, 2.05) is 42.5 Å². The summed E-state index contributed by atoms with van der Waals surface area (Å²) in [6.07, 6.45) is 0.943. The highest BCUT2D eigenvalue weighted by molar-refractivity contribution is 7.98. The lowest BCUT2D eigenvalue weighted by Crippen LogP contribution is -2.22. The lowest BCUT2D eigenvalue weighted by Gasteiger charge is -2.23. The Balaban J connectivity index is 1.98. The normalized spacial score (nSPS) is 12.2. The number of para-hydroxylation sites is 1. The Morgan fingerprint density at radius 1 is 1.00 bits per heavy atom. The summed E-state index contributed by atoms with van der Waals surface area (Å²) in [5.41, 5.74) is 2.15. The molecule has 1 aromatic heterocycles. The van der Waals surface area contributed by atoms with Crippen molar-refractivity contribution in [3.05, 3.63) is 59.9 Å². The molecule has 1 heterocycles. The van der Waals surface area contributed by atoms with Gasteiger partial charge in [0.15, 0.2) is 11.0 Å². The number of methoxy groups -OCH3 is 2. The molecule has 3 rings (SSSR count). The smallest absolute Gasteiger partial charge is 0.196 e. The molecule has 1 atom stereocenters. The minimum absolute atomic E-state index is 0.171. The predicted octanol–water partition coefficient (Wildman–Crippen LogP) is 4.59. The highest BCUT2D eigenvalue weighted by Crippen LogP contribution is 2.32. The quantitative estimate of drug-likeness (QED) is 0.479. The van der Waals surface area contributed by atoms with E-state index >= 15 is 0 Å². The molecule has 0 amide bonds. The first kappa shape index (κ1) is 21.2. The molecule has 0 N–H and O–H groups in total. The Morgan fingerprint density at radius 2 is 1.72 bits per heavy atom. The van der Waals surface area contributed by atoms with Crippen LogP contribution in [0.5, 0.6) is 11.5 Å². The van der Waals surface area contributed by atoms with Crippen molar-refractivity contribution in [1.29, 1.82) is 0 Å². The zero-order valence-corrected chi connectivity index (χ0v) is 18.4. The first-order chi connectivity index (χ1) is 14.1. The molecular formula is C22H28N4O2S. The largest absolute Gasteiger partial charge is 0.497 e. The summed E-state index contributed by atoms with van der Waals surface area (Å²) in [4.78, 5) is 2.18. The van der Waals surface area contributed by atoms with E-state index in [0.717, 1.165) is 45.9 Å². The van der Waals surface area contributed by atoms with Gasteiger partial charge in [0, 0.05) is 17.0 Å². The van der Waals surface area contributed by atoms with Crippen LogP contribution >= 0.6 is 11.8 Å². The number of ether oxygens (including phenoxy) is 2. The first-order valence-corrected chi connectivity index (χ1v) is 10.6. The van der Waals surface area contributed by atoms with Crippen LogP contribution in [0.4, 0.5) is 0 Å². The summed E-state index contributed by atoms with van der Waals surface area (Å²) >= 11 is 1.65. The van der Waals surface area contributed by atoms with Crippen molar-refractivity contribution < 1.29 is 9.47 Å². The van der Waals surface area contributed by atoms with Crippen molar-refractivity contribution in [3.63, 3.8) is 0 Å². The molecule has 2 aromatic carbocycles. The minimum Gasteiger partial charge on any atom is -0.497 e. The molecule has 0 aliphatic carbocycles. The molecule has 0 saturated heterocycles. The van der Waals surface area contributed by atoms with Crippen molar-refractivity contribution in [2.24, 2.45) is 0 Å². The van der Waals surface area contributed by atoms with Crippen LogP contribution in [0.1, 0.15) is 30.8 Å². The maximum atomic E-state index is 5.49. The van der Waals surface area contributed by atoms with Gasteiger partial charge in [-0.1, -0.05) is 36.9 Å². The van der Waals surface area contributed by atoms with E-state index in [1.54, 1.807) is 26.0 Å². The van der Waals surface area contributed by atoms with E-state index in [9.17, 15) is 0 Å². The Labute approximate surface area is 176 Å². The number of benzene rings is 2. The molecule has 0 radical (unpaired) electrons. The standard InChI is InChI=1S/C22H28N4O2S/c1-6-19(25(2)3)21-23-24-22(26(21)17-11-13-18(27-4)14-12-17)29-15-16-9-7-8-10-20(16)28-5/h7-14,19H,6,15H2,1-5H3/t19-/m0/s1. The molecular weight excluding hydrogens is 384 g/mol. The van der Waals surface area contributed by atoms with E-state index < -0.39 is 0 Å². The summed E-state index contributed by atoms with van der Waals surface area (Å²) in [7, 11) is 7.52. The van der Waals surface area contributed by atoms with Gasteiger partial charge in [-0.3, -0.25) is 9.47 Å². The number of thioether (sulfide) groups is 1. The van der Waals surface area contributed by atoms with E-state index in [1.165, 1.54) is 0 Å². The average Bonchev–Trinajstić information content (AvgIpc) is 3.16. The summed E-state index contributed by atoms with van der Waals surface area (Å²) in [6.45, 7) is 2.17. The van der Waals surface area contributed by atoms with Crippen molar-refractivity contribution in [3.8, 4) is 17.2 Å². The minimum atomic E-state index is 0.171. The van der Waals surface area contributed by atoms with Crippen LogP contribution in [0.2, 0.25) is 0 Å². The third-order valence-corrected chi connectivity index (χ3v) is 5.82. The lowest BCUT2D eigenvalue weighted by atomic mass is 10.2. The molecule has 0 saturated carbocycles. The van der Waals surface area contributed by atoms with Gasteiger partial charge >= 0.3 is 0 Å². The second-order valence-electron chi connectivity index (χ2n) is 6.86. The van der Waals surface area contributed by atoms with E-state index in [0.29, 0.717) is 0 Å². The Hall–Kier alpha value is -2.51. The fourth-order valence-corrected chi connectivity index (χ4v) is 4.26. The molecule has 0 spiro atoms. The molecule has 0 unspecified atom stereocenters. The van der Waals surface area contributed by atoms with Gasteiger partial charge in [-0.25, -0.2) is 0 Å². The highest BCUT2D eigenvalue weighted by Gasteiger charge is 2.23. The van der Waals surface area contributed by atoms with Gasteiger partial charge in [-0.05, 0) is 50.8 Å². The van der Waals surface area contributed by atoms with Crippen molar-refractivity contribution >= 4 is 11.8 Å². The molecule has 7 heteroatoms. The monoisotopic (exact) mass is 412 g/mol. The molecule has 0 fully saturated rings. The molecule has 29 heavy (non-hydrogen) atoms.